The van der Waals surface area contributed by atoms with Gasteiger partial charge in [0.2, 0.25) is 0 Å². The molecule has 1 N–H and O–H groups in total. The van der Waals surface area contributed by atoms with Crippen LogP contribution < -0.4 is 5.32 Å². The molecule has 1 aliphatic heterocycles. The molecule has 1 nitrogen and oxygen atoms in total. The summed E-state index contributed by atoms with van der Waals surface area (Å²) < 4.78 is 0. The zero-order valence-electron chi connectivity index (χ0n) is 29.6. The zero-order chi connectivity index (χ0) is 35.3. The van der Waals surface area contributed by atoms with E-state index in [1.54, 1.807) is 0 Å². The molecule has 1 aliphatic rings. The first-order valence-corrected chi connectivity index (χ1v) is 18.5. The van der Waals surface area contributed by atoms with E-state index >= 15 is 0 Å². The molecule has 0 bridgehead atoms. The maximum absolute atomic E-state index is 3.68. The molecule has 0 aliphatic carbocycles. The first-order valence-electron chi connectivity index (χ1n) is 18.5. The van der Waals surface area contributed by atoms with Crippen molar-refractivity contribution in [2.45, 2.75) is 13.0 Å². The van der Waals surface area contributed by atoms with Gasteiger partial charge in [0.1, 0.15) is 0 Å². The normalized spacial score (nSPS) is 14.1. The Morgan fingerprint density at radius 1 is 0.415 bits per heavy atom. The molecule has 0 radical (unpaired) electrons. The van der Waals surface area contributed by atoms with Crippen molar-refractivity contribution in [3.8, 4) is 33.4 Å². The van der Waals surface area contributed by atoms with E-state index < -0.39 is 0 Å². The fourth-order valence-corrected chi connectivity index (χ4v) is 8.37. The summed E-state index contributed by atoms with van der Waals surface area (Å²) in [5.41, 5.74) is 12.4. The van der Waals surface area contributed by atoms with Gasteiger partial charge in [-0.15, -0.1) is 0 Å². The van der Waals surface area contributed by atoms with Gasteiger partial charge >= 0.3 is 0 Å². The molecular weight excluding hydrogens is 639 g/mol. The average Bonchev–Trinajstić information content (AvgIpc) is 3.22. The molecule has 1 unspecified atom stereocenters. The molecule has 10 rings (SSSR count). The van der Waals surface area contributed by atoms with Crippen LogP contribution in [0.5, 0.6) is 0 Å². The van der Waals surface area contributed by atoms with Crippen molar-refractivity contribution in [2.24, 2.45) is 0 Å². The third-order valence-electron chi connectivity index (χ3n) is 11.0. The summed E-state index contributed by atoms with van der Waals surface area (Å²) in [7, 11) is 0. The van der Waals surface area contributed by atoms with Crippen molar-refractivity contribution in [1.82, 2.24) is 5.32 Å². The number of aryl methyl sites for hydroxylation is 1. The number of allylic oxidation sites excluding steroid dienone is 2. The summed E-state index contributed by atoms with van der Waals surface area (Å²) in [5.74, 6) is 0. The fourth-order valence-electron chi connectivity index (χ4n) is 8.37. The Balaban J connectivity index is 1.09. The third kappa shape index (κ3) is 5.41. The van der Waals surface area contributed by atoms with Gasteiger partial charge in [0.25, 0.3) is 0 Å². The lowest BCUT2D eigenvalue weighted by atomic mass is 9.83. The van der Waals surface area contributed by atoms with Crippen molar-refractivity contribution < 1.29 is 0 Å². The molecule has 0 spiro atoms. The number of dihydropyridines is 1. The second-order valence-electron chi connectivity index (χ2n) is 14.2. The Morgan fingerprint density at radius 2 is 1.00 bits per heavy atom. The van der Waals surface area contributed by atoms with E-state index in [-0.39, 0.29) is 6.04 Å². The SMILES string of the molecule is Cc1ccc(-c2cccc3c(-c4c5ccccc5c(-c5cccc(C6=CNC(c7ccc8ccccc8c7)C=C6)c5)c5ccccc45)cccc23)cc1. The van der Waals surface area contributed by atoms with E-state index in [9.17, 15) is 0 Å². The van der Waals surface area contributed by atoms with Crippen LogP contribution in [0.2, 0.25) is 0 Å². The Morgan fingerprint density at radius 3 is 1.70 bits per heavy atom. The monoisotopic (exact) mass is 675 g/mol. The predicted octanol–water partition coefficient (Wildman–Crippen LogP) is 13.9. The lowest BCUT2D eigenvalue weighted by Gasteiger charge is -2.21. The van der Waals surface area contributed by atoms with E-state index in [2.05, 4.69) is 207 Å². The number of fused-ring (bicyclic) bond motifs is 4. The highest BCUT2D eigenvalue weighted by Gasteiger charge is 2.19. The quantitative estimate of drug-likeness (QED) is 0.179. The Bertz CT molecular complexity index is 2870. The molecule has 0 saturated carbocycles. The predicted molar refractivity (Wildman–Crippen MR) is 227 cm³/mol. The van der Waals surface area contributed by atoms with Crippen LogP contribution in [-0.4, -0.2) is 0 Å². The zero-order valence-corrected chi connectivity index (χ0v) is 29.6. The second kappa shape index (κ2) is 12.8. The van der Waals surface area contributed by atoms with Crippen LogP contribution in [0.1, 0.15) is 22.7 Å². The van der Waals surface area contributed by atoms with Crippen molar-refractivity contribution in [1.29, 1.82) is 0 Å². The summed E-state index contributed by atoms with van der Waals surface area (Å²) >= 11 is 0. The summed E-state index contributed by atoms with van der Waals surface area (Å²) in [5, 5.41) is 13.8. The van der Waals surface area contributed by atoms with Crippen molar-refractivity contribution in [3.05, 3.63) is 211 Å². The van der Waals surface area contributed by atoms with Crippen LogP contribution in [-0.2, 0) is 0 Å². The number of hydrogen-bond acceptors (Lipinski definition) is 1. The van der Waals surface area contributed by atoms with Crippen LogP contribution in [0.15, 0.2) is 194 Å². The van der Waals surface area contributed by atoms with Crippen molar-refractivity contribution >= 4 is 48.7 Å². The lowest BCUT2D eigenvalue weighted by Crippen LogP contribution is -2.16. The lowest BCUT2D eigenvalue weighted by molar-refractivity contribution is 0.750. The van der Waals surface area contributed by atoms with Gasteiger partial charge in [0, 0.05) is 6.20 Å². The molecule has 0 fully saturated rings. The molecule has 1 atom stereocenters. The standard InChI is InChI=1S/C52H37N/c1-34-23-25-36(26-24-34)42-19-9-21-44-43(42)20-10-22-45(44)52-48-17-6-4-15-46(48)51(47-16-5-7-18-49(47)52)40-14-8-13-38(32-40)41-29-30-50(53-33-41)39-28-27-35-11-2-3-12-37(35)31-39/h2-33,50,53H,1H3. The number of hydrogen-bond donors (Lipinski definition) is 1. The van der Waals surface area contributed by atoms with Gasteiger partial charge < -0.3 is 5.32 Å². The molecule has 1 heteroatoms. The summed E-state index contributed by atoms with van der Waals surface area (Å²) in [6, 6.07) is 64.8. The molecule has 9 aromatic rings. The maximum atomic E-state index is 3.68. The highest BCUT2D eigenvalue weighted by atomic mass is 14.9. The molecule has 0 saturated heterocycles. The smallest absolute Gasteiger partial charge is 0.0696 e. The molecule has 0 aromatic heterocycles. The van der Waals surface area contributed by atoms with Crippen LogP contribution in [0.3, 0.4) is 0 Å². The van der Waals surface area contributed by atoms with Crippen LogP contribution in [0.4, 0.5) is 0 Å². The summed E-state index contributed by atoms with van der Waals surface area (Å²) in [6.45, 7) is 2.14. The van der Waals surface area contributed by atoms with E-state index in [1.165, 1.54) is 98.7 Å². The fraction of sp³-hybridized carbons (Fsp3) is 0.0385. The number of rotatable bonds is 5. The number of benzene rings is 9. The molecule has 9 aromatic carbocycles. The highest BCUT2D eigenvalue weighted by molar-refractivity contribution is 6.24. The maximum Gasteiger partial charge on any atom is 0.0696 e. The molecule has 0 amide bonds. The van der Waals surface area contributed by atoms with E-state index in [1.807, 2.05) is 0 Å². The van der Waals surface area contributed by atoms with E-state index in [0.29, 0.717) is 0 Å². The summed E-state index contributed by atoms with van der Waals surface area (Å²) in [4.78, 5) is 0. The van der Waals surface area contributed by atoms with Crippen LogP contribution >= 0.6 is 0 Å². The van der Waals surface area contributed by atoms with Gasteiger partial charge in [0.15, 0.2) is 0 Å². The number of nitrogens with one attached hydrogen (secondary N) is 1. The average molecular weight is 676 g/mol. The molecule has 53 heavy (non-hydrogen) atoms. The van der Waals surface area contributed by atoms with Crippen molar-refractivity contribution in [3.63, 3.8) is 0 Å². The summed E-state index contributed by atoms with van der Waals surface area (Å²) in [6.07, 6.45) is 6.71. The van der Waals surface area contributed by atoms with Gasteiger partial charge in [-0.3, -0.25) is 0 Å². The van der Waals surface area contributed by atoms with Gasteiger partial charge in [-0.1, -0.05) is 182 Å². The minimum absolute atomic E-state index is 0.133. The van der Waals surface area contributed by atoms with Gasteiger partial charge in [0.05, 0.1) is 6.04 Å². The van der Waals surface area contributed by atoms with E-state index in [4.69, 9.17) is 0 Å². The third-order valence-corrected chi connectivity index (χ3v) is 11.0. The molecule has 1 heterocycles. The Kier molecular flexibility index (Phi) is 7.51. The van der Waals surface area contributed by atoms with Gasteiger partial charge in [-0.2, -0.15) is 0 Å². The minimum atomic E-state index is 0.133. The van der Waals surface area contributed by atoms with Crippen LogP contribution in [0, 0.1) is 6.92 Å². The van der Waals surface area contributed by atoms with E-state index in [0.717, 1.165) is 0 Å². The topological polar surface area (TPSA) is 12.0 Å². The first-order chi connectivity index (χ1) is 26.2. The molecule has 250 valence electrons. The Hall–Kier alpha value is -6.70. The second-order valence-corrected chi connectivity index (χ2v) is 14.2. The minimum Gasteiger partial charge on any atom is -0.380 e. The highest BCUT2D eigenvalue weighted by Crippen LogP contribution is 2.46. The largest absolute Gasteiger partial charge is 0.380 e. The van der Waals surface area contributed by atoms with Gasteiger partial charge in [-0.25, -0.2) is 0 Å². The van der Waals surface area contributed by atoms with Gasteiger partial charge in [-0.05, 0) is 112 Å². The van der Waals surface area contributed by atoms with Crippen molar-refractivity contribution in [2.75, 3.05) is 0 Å². The Labute approximate surface area is 310 Å². The molecular formula is C52H37N. The first kappa shape index (κ1) is 31.1. The van der Waals surface area contributed by atoms with Crippen LogP contribution in [0.25, 0.3) is 82.0 Å².